The van der Waals surface area contributed by atoms with Gasteiger partial charge in [0.25, 0.3) is 0 Å². The van der Waals surface area contributed by atoms with Crippen molar-refractivity contribution in [2.45, 2.75) is 26.9 Å². The van der Waals surface area contributed by atoms with Crippen molar-refractivity contribution in [3.05, 3.63) is 48.3 Å². The van der Waals surface area contributed by atoms with Gasteiger partial charge in [-0.05, 0) is 51.1 Å². The Bertz CT molecular complexity index is 549. The normalized spacial score (nSPS) is 15.4. The standard InChI is InChI=1S/C15H22NO4P/c1-12(2)20-21(18,19)15-8-6-14(7-9-15)16-11-13(3)5-4-10-17/h4-10,12,16-17H,11H2,1-3H3,(H,18,19)/b10-4-,13-5+. The van der Waals surface area contributed by atoms with Gasteiger partial charge >= 0.3 is 7.60 Å². The first kappa shape index (κ1) is 17.5. The molecule has 0 spiro atoms. The van der Waals surface area contributed by atoms with Crippen molar-refractivity contribution in [1.82, 2.24) is 0 Å². The highest BCUT2D eigenvalue weighted by molar-refractivity contribution is 7.61. The zero-order valence-electron chi connectivity index (χ0n) is 12.5. The third-order valence-electron chi connectivity index (χ3n) is 2.59. The zero-order valence-corrected chi connectivity index (χ0v) is 13.4. The molecule has 0 aromatic heterocycles. The van der Waals surface area contributed by atoms with Gasteiger partial charge in [-0.15, -0.1) is 0 Å². The molecule has 21 heavy (non-hydrogen) atoms. The second-order valence-corrected chi connectivity index (χ2v) is 6.70. The van der Waals surface area contributed by atoms with Crippen molar-refractivity contribution >= 4 is 18.6 Å². The second-order valence-electron chi connectivity index (χ2n) is 4.93. The molecule has 0 saturated carbocycles. The third kappa shape index (κ3) is 6.17. The van der Waals surface area contributed by atoms with Gasteiger partial charge in [0.15, 0.2) is 0 Å². The fourth-order valence-corrected chi connectivity index (χ4v) is 2.84. The molecule has 1 rings (SSSR count). The summed E-state index contributed by atoms with van der Waals surface area (Å²) in [7, 11) is -3.75. The summed E-state index contributed by atoms with van der Waals surface area (Å²) in [6, 6.07) is 6.63. The van der Waals surface area contributed by atoms with E-state index in [1.54, 1.807) is 50.3 Å². The van der Waals surface area contributed by atoms with Crippen molar-refractivity contribution in [3.8, 4) is 0 Å². The number of benzene rings is 1. The fourth-order valence-electron chi connectivity index (χ4n) is 1.62. The molecule has 1 unspecified atom stereocenters. The van der Waals surface area contributed by atoms with Crippen LogP contribution in [0, 0.1) is 0 Å². The van der Waals surface area contributed by atoms with E-state index >= 15 is 0 Å². The lowest BCUT2D eigenvalue weighted by Crippen LogP contribution is -2.11. The van der Waals surface area contributed by atoms with Gasteiger partial charge in [-0.1, -0.05) is 11.6 Å². The molecular weight excluding hydrogens is 289 g/mol. The smallest absolute Gasteiger partial charge is 0.359 e. The van der Waals surface area contributed by atoms with Crippen LogP contribution in [0.2, 0.25) is 0 Å². The molecule has 3 N–H and O–H groups in total. The lowest BCUT2D eigenvalue weighted by atomic mass is 10.2. The van der Waals surface area contributed by atoms with Crippen LogP contribution in [0.5, 0.6) is 0 Å². The van der Waals surface area contributed by atoms with E-state index in [0.717, 1.165) is 17.5 Å². The molecule has 1 aromatic rings. The number of aliphatic hydroxyl groups is 1. The van der Waals surface area contributed by atoms with Crippen LogP contribution in [-0.2, 0) is 9.09 Å². The van der Waals surface area contributed by atoms with Crippen LogP contribution < -0.4 is 10.6 Å². The second kappa shape index (κ2) is 8.03. The molecule has 0 bridgehead atoms. The highest BCUT2D eigenvalue weighted by atomic mass is 31.2. The quantitative estimate of drug-likeness (QED) is 0.409. The number of allylic oxidation sites excluding steroid dienone is 2. The summed E-state index contributed by atoms with van der Waals surface area (Å²) in [5.41, 5.74) is 1.88. The highest BCUT2D eigenvalue weighted by Gasteiger charge is 2.23. The molecule has 0 amide bonds. The third-order valence-corrected chi connectivity index (χ3v) is 4.24. The van der Waals surface area contributed by atoms with Crippen LogP contribution >= 0.6 is 7.60 Å². The minimum atomic E-state index is -3.75. The van der Waals surface area contributed by atoms with Crippen LogP contribution in [0.1, 0.15) is 20.8 Å². The predicted octanol–water partition coefficient (Wildman–Crippen LogP) is 3.35. The van der Waals surface area contributed by atoms with Crippen LogP contribution in [0.3, 0.4) is 0 Å². The molecule has 0 fully saturated rings. The maximum absolute atomic E-state index is 12.0. The van der Waals surface area contributed by atoms with Crippen molar-refractivity contribution < 1.29 is 19.1 Å². The van der Waals surface area contributed by atoms with Gasteiger partial charge in [-0.25, -0.2) is 0 Å². The predicted molar refractivity (Wildman–Crippen MR) is 86.1 cm³/mol. The molecule has 116 valence electrons. The molecule has 0 aliphatic carbocycles. The molecular formula is C15H22NO4P. The maximum Gasteiger partial charge on any atom is 0.359 e. The van der Waals surface area contributed by atoms with Crippen LogP contribution in [0.25, 0.3) is 0 Å². The fraction of sp³-hybridized carbons (Fsp3) is 0.333. The lowest BCUT2D eigenvalue weighted by Gasteiger charge is -2.15. The van der Waals surface area contributed by atoms with Gasteiger partial charge in [-0.2, -0.15) is 0 Å². The van der Waals surface area contributed by atoms with Crippen LogP contribution in [0.4, 0.5) is 5.69 Å². The van der Waals surface area contributed by atoms with Crippen LogP contribution in [0.15, 0.2) is 48.3 Å². The van der Waals surface area contributed by atoms with E-state index in [1.165, 1.54) is 0 Å². The Morgan fingerprint density at radius 2 is 2.00 bits per heavy atom. The monoisotopic (exact) mass is 311 g/mol. The molecule has 0 heterocycles. The summed E-state index contributed by atoms with van der Waals surface area (Å²) in [4.78, 5) is 9.83. The molecule has 0 saturated heterocycles. The largest absolute Gasteiger partial charge is 0.516 e. The van der Waals surface area contributed by atoms with E-state index in [-0.39, 0.29) is 11.4 Å². The Labute approximate surface area is 125 Å². The first-order chi connectivity index (χ1) is 9.85. The lowest BCUT2D eigenvalue weighted by molar-refractivity contribution is 0.212. The van der Waals surface area contributed by atoms with Gasteiger partial charge in [0, 0.05) is 12.2 Å². The molecule has 5 nitrogen and oxygen atoms in total. The summed E-state index contributed by atoms with van der Waals surface area (Å²) >= 11 is 0. The van der Waals surface area contributed by atoms with E-state index < -0.39 is 7.60 Å². The minimum Gasteiger partial charge on any atom is -0.516 e. The summed E-state index contributed by atoms with van der Waals surface area (Å²) in [5, 5.41) is 12.0. The van der Waals surface area contributed by atoms with Gasteiger partial charge in [0.1, 0.15) is 0 Å². The van der Waals surface area contributed by atoms with Gasteiger partial charge < -0.3 is 19.8 Å². The Kier molecular flexibility index (Phi) is 6.69. The molecule has 1 atom stereocenters. The average Bonchev–Trinajstić information content (AvgIpc) is 2.42. The summed E-state index contributed by atoms with van der Waals surface area (Å²) in [6.45, 7) is 5.98. The number of aliphatic hydroxyl groups excluding tert-OH is 1. The summed E-state index contributed by atoms with van der Waals surface area (Å²) < 4.78 is 17.1. The number of hydrogen-bond acceptors (Lipinski definition) is 4. The Morgan fingerprint density at radius 3 is 2.52 bits per heavy atom. The average molecular weight is 311 g/mol. The molecule has 0 aliphatic rings. The molecule has 0 radical (unpaired) electrons. The van der Waals surface area contributed by atoms with E-state index in [0.29, 0.717) is 6.54 Å². The maximum atomic E-state index is 12.0. The first-order valence-corrected chi connectivity index (χ1v) is 8.25. The molecule has 6 heteroatoms. The number of nitrogens with one attached hydrogen (secondary N) is 1. The van der Waals surface area contributed by atoms with Crippen LogP contribution in [-0.4, -0.2) is 22.6 Å². The topological polar surface area (TPSA) is 78.8 Å². The minimum absolute atomic E-state index is 0.275. The first-order valence-electron chi connectivity index (χ1n) is 6.67. The Balaban J connectivity index is 2.68. The zero-order chi connectivity index (χ0) is 15.9. The van der Waals surface area contributed by atoms with E-state index in [9.17, 15) is 9.46 Å². The van der Waals surface area contributed by atoms with Crippen molar-refractivity contribution in [2.24, 2.45) is 0 Å². The number of hydrogen-bond donors (Lipinski definition) is 3. The Hall–Kier alpha value is -1.55. The van der Waals surface area contributed by atoms with Gasteiger partial charge in [0.2, 0.25) is 0 Å². The van der Waals surface area contributed by atoms with Crippen molar-refractivity contribution in [2.75, 3.05) is 11.9 Å². The number of anilines is 1. The van der Waals surface area contributed by atoms with E-state index in [2.05, 4.69) is 5.32 Å². The molecule has 0 aliphatic heterocycles. The SMILES string of the molecule is C/C(=C\C=C/O)CNc1ccc(P(=O)(O)OC(C)C)cc1. The Morgan fingerprint density at radius 1 is 1.38 bits per heavy atom. The highest BCUT2D eigenvalue weighted by Crippen LogP contribution is 2.42. The van der Waals surface area contributed by atoms with Crippen molar-refractivity contribution in [3.63, 3.8) is 0 Å². The summed E-state index contributed by atoms with van der Waals surface area (Å²) in [6.07, 6.45) is 4.00. The van der Waals surface area contributed by atoms with Gasteiger partial charge in [0.05, 0.1) is 17.7 Å². The van der Waals surface area contributed by atoms with E-state index in [1.807, 2.05) is 6.92 Å². The van der Waals surface area contributed by atoms with E-state index in [4.69, 9.17) is 9.63 Å². The molecule has 1 aromatic carbocycles. The van der Waals surface area contributed by atoms with Gasteiger partial charge in [-0.3, -0.25) is 4.57 Å². The summed E-state index contributed by atoms with van der Waals surface area (Å²) in [5.74, 6) is 0. The van der Waals surface area contributed by atoms with Crippen molar-refractivity contribution in [1.29, 1.82) is 0 Å². The number of rotatable bonds is 7.